The molecule has 20 heavy (non-hydrogen) atoms. The van der Waals surface area contributed by atoms with Gasteiger partial charge in [0.2, 0.25) is 0 Å². The third kappa shape index (κ3) is 4.15. The molecule has 0 bridgehead atoms. The lowest BCUT2D eigenvalue weighted by Gasteiger charge is -2.02. The average Bonchev–Trinajstić information content (AvgIpc) is 3.10. The summed E-state index contributed by atoms with van der Waals surface area (Å²) in [6.45, 7) is 2.50. The first-order valence-electron chi connectivity index (χ1n) is 6.84. The summed E-state index contributed by atoms with van der Waals surface area (Å²) in [5, 5.41) is 5.97. The molecule has 5 nitrogen and oxygen atoms in total. The van der Waals surface area contributed by atoms with Crippen LogP contribution in [-0.4, -0.2) is 50.9 Å². The Morgan fingerprint density at radius 2 is 1.40 bits per heavy atom. The van der Waals surface area contributed by atoms with Crippen LogP contribution in [0.2, 0.25) is 0 Å². The molecule has 2 heterocycles. The summed E-state index contributed by atoms with van der Waals surface area (Å²) in [4.78, 5) is 23.8. The van der Waals surface area contributed by atoms with Gasteiger partial charge < -0.3 is 10.6 Å². The lowest BCUT2D eigenvalue weighted by molar-refractivity contribution is 0.0693. The molecule has 1 aromatic rings. The Morgan fingerprint density at radius 3 is 1.70 bits per heavy atom. The zero-order valence-electron chi connectivity index (χ0n) is 12.4. The second-order valence-electron chi connectivity index (χ2n) is 4.67. The zero-order chi connectivity index (χ0) is 15.0. The molecule has 0 aromatic heterocycles. The van der Waals surface area contributed by atoms with Crippen LogP contribution < -0.4 is 10.6 Å². The minimum atomic E-state index is -0.212. The Hall–Kier alpha value is -1.72. The van der Waals surface area contributed by atoms with Crippen LogP contribution in [-0.2, 0) is 0 Å². The average molecular weight is 277 g/mol. The molecule has 2 amide bonds. The van der Waals surface area contributed by atoms with Gasteiger partial charge in [-0.2, -0.15) is 0 Å². The number of amides is 2. The molecular weight excluding hydrogens is 254 g/mol. The lowest BCUT2D eigenvalue weighted by atomic mass is 10.1. The van der Waals surface area contributed by atoms with Crippen LogP contribution in [0.3, 0.4) is 0 Å². The van der Waals surface area contributed by atoms with Crippen LogP contribution in [0.5, 0.6) is 0 Å². The van der Waals surface area contributed by atoms with Gasteiger partial charge in [0.15, 0.2) is 0 Å². The van der Waals surface area contributed by atoms with Crippen molar-refractivity contribution in [3.8, 4) is 0 Å². The largest absolute Gasteiger partial charge is 0.323 e. The summed E-state index contributed by atoms with van der Waals surface area (Å²) < 4.78 is 0. The Kier molecular flexibility index (Phi) is 6.90. The number of hydrogen-bond acceptors (Lipinski definition) is 4. The van der Waals surface area contributed by atoms with Crippen molar-refractivity contribution in [3.63, 3.8) is 0 Å². The van der Waals surface area contributed by atoms with Crippen molar-refractivity contribution in [3.05, 3.63) is 35.4 Å². The fraction of sp³-hybridized carbons (Fsp3) is 0.467. The zero-order valence-corrected chi connectivity index (χ0v) is 12.4. The Balaban J connectivity index is 0.000000208. The van der Waals surface area contributed by atoms with Gasteiger partial charge in [-0.1, -0.05) is 12.1 Å². The van der Waals surface area contributed by atoms with Gasteiger partial charge >= 0.3 is 0 Å². The maximum Gasteiger partial charge on any atom is 0.261 e. The van der Waals surface area contributed by atoms with Crippen LogP contribution in [0.15, 0.2) is 24.3 Å². The highest BCUT2D eigenvalue weighted by atomic mass is 16.2. The lowest BCUT2D eigenvalue weighted by Crippen LogP contribution is -2.24. The van der Waals surface area contributed by atoms with Crippen molar-refractivity contribution >= 4 is 11.8 Å². The Bertz CT molecular complexity index is 414. The summed E-state index contributed by atoms with van der Waals surface area (Å²) in [7, 11) is 5.24. The molecule has 1 fully saturated rings. The van der Waals surface area contributed by atoms with Gasteiger partial charge in [0.1, 0.15) is 0 Å². The molecule has 2 aliphatic heterocycles. The number of hydrogen-bond donors (Lipinski definition) is 2. The van der Waals surface area contributed by atoms with E-state index in [0.29, 0.717) is 11.1 Å². The highest BCUT2D eigenvalue weighted by Crippen LogP contribution is 2.20. The van der Waals surface area contributed by atoms with E-state index in [9.17, 15) is 9.59 Å². The molecule has 1 aromatic carbocycles. The molecule has 110 valence electrons. The smallest absolute Gasteiger partial charge is 0.261 e. The van der Waals surface area contributed by atoms with Gasteiger partial charge in [0, 0.05) is 7.05 Å². The van der Waals surface area contributed by atoms with Gasteiger partial charge in [0.05, 0.1) is 11.1 Å². The van der Waals surface area contributed by atoms with Crippen LogP contribution in [0.25, 0.3) is 0 Å². The maximum absolute atomic E-state index is 11.3. The van der Waals surface area contributed by atoms with E-state index in [1.54, 1.807) is 24.3 Å². The van der Waals surface area contributed by atoms with Crippen molar-refractivity contribution in [1.29, 1.82) is 0 Å². The molecule has 3 rings (SSSR count). The van der Waals surface area contributed by atoms with Crippen molar-refractivity contribution in [2.45, 2.75) is 12.8 Å². The fourth-order valence-corrected chi connectivity index (χ4v) is 1.93. The highest BCUT2D eigenvalue weighted by molar-refractivity contribution is 6.21. The van der Waals surface area contributed by atoms with E-state index < -0.39 is 0 Å². The van der Waals surface area contributed by atoms with Gasteiger partial charge in [0.25, 0.3) is 11.8 Å². The molecule has 0 unspecified atom stereocenters. The summed E-state index contributed by atoms with van der Waals surface area (Å²) in [5.74, 6) is -0.425. The molecular formula is C15H23N3O2. The van der Waals surface area contributed by atoms with E-state index >= 15 is 0 Å². The Morgan fingerprint density at radius 1 is 1.00 bits per heavy atom. The number of fused-ring (bicyclic) bond motifs is 1. The van der Waals surface area contributed by atoms with Crippen LogP contribution in [0.4, 0.5) is 0 Å². The summed E-state index contributed by atoms with van der Waals surface area (Å²) in [5.41, 5.74) is 1.01. The maximum atomic E-state index is 11.3. The van der Waals surface area contributed by atoms with Crippen molar-refractivity contribution in [2.24, 2.45) is 0 Å². The number of rotatable bonds is 0. The minimum absolute atomic E-state index is 0.212. The third-order valence-electron chi connectivity index (χ3n) is 2.95. The number of benzene rings is 1. The monoisotopic (exact) mass is 277 g/mol. The van der Waals surface area contributed by atoms with E-state index in [-0.39, 0.29) is 11.8 Å². The second kappa shape index (κ2) is 8.45. The first kappa shape index (κ1) is 16.3. The quantitative estimate of drug-likeness (QED) is 0.698. The molecule has 5 heteroatoms. The van der Waals surface area contributed by atoms with Gasteiger partial charge in [-0.3, -0.25) is 14.5 Å². The van der Waals surface area contributed by atoms with Crippen molar-refractivity contribution in [1.82, 2.24) is 15.5 Å². The van der Waals surface area contributed by atoms with Crippen molar-refractivity contribution in [2.75, 3.05) is 34.2 Å². The van der Waals surface area contributed by atoms with E-state index in [1.165, 1.54) is 33.0 Å². The standard InChI is InChI=1S/C9H7NO2.C4H9N.C2H7N/c1-10-8(11)6-4-2-3-5-7(6)9(10)12;1-2-4-5-3-1;1-3-2/h2-5H,1H3;5H,1-4H2;3H,1-2H3. The number of imide groups is 1. The fourth-order valence-electron chi connectivity index (χ4n) is 1.93. The third-order valence-corrected chi connectivity index (χ3v) is 2.95. The topological polar surface area (TPSA) is 61.4 Å². The number of nitrogens with zero attached hydrogens (tertiary/aromatic N) is 1. The number of carbonyl (C=O) groups excluding carboxylic acids is 2. The summed E-state index contributed by atoms with van der Waals surface area (Å²) >= 11 is 0. The second-order valence-corrected chi connectivity index (χ2v) is 4.67. The molecule has 0 atom stereocenters. The first-order valence-corrected chi connectivity index (χ1v) is 6.84. The predicted molar refractivity (Wildman–Crippen MR) is 80.0 cm³/mol. The summed E-state index contributed by atoms with van der Waals surface area (Å²) in [6, 6.07) is 6.84. The van der Waals surface area contributed by atoms with Gasteiger partial charge in [-0.25, -0.2) is 0 Å². The highest BCUT2D eigenvalue weighted by Gasteiger charge is 2.31. The van der Waals surface area contributed by atoms with Crippen LogP contribution in [0, 0.1) is 0 Å². The van der Waals surface area contributed by atoms with Crippen LogP contribution in [0.1, 0.15) is 33.6 Å². The van der Waals surface area contributed by atoms with Gasteiger partial charge in [-0.15, -0.1) is 0 Å². The molecule has 2 aliphatic rings. The molecule has 1 saturated heterocycles. The molecule has 0 spiro atoms. The normalized spacial score (nSPS) is 16.1. The van der Waals surface area contributed by atoms with E-state index in [1.807, 2.05) is 14.1 Å². The Labute approximate surface area is 120 Å². The number of carbonyl (C=O) groups is 2. The molecule has 0 radical (unpaired) electrons. The minimum Gasteiger partial charge on any atom is -0.323 e. The van der Waals surface area contributed by atoms with E-state index in [0.717, 1.165) is 4.90 Å². The van der Waals surface area contributed by atoms with Crippen LogP contribution >= 0.6 is 0 Å². The SMILES string of the molecule is C1CCNC1.CN1C(=O)c2ccccc2C1=O.CNC. The molecule has 0 saturated carbocycles. The molecule has 0 aliphatic carbocycles. The summed E-state index contributed by atoms with van der Waals surface area (Å²) in [6.07, 6.45) is 2.78. The number of nitrogens with one attached hydrogen (secondary N) is 2. The van der Waals surface area contributed by atoms with E-state index in [2.05, 4.69) is 10.6 Å². The first-order chi connectivity index (χ1) is 9.63. The van der Waals surface area contributed by atoms with E-state index in [4.69, 9.17) is 0 Å². The van der Waals surface area contributed by atoms with Gasteiger partial charge in [-0.05, 0) is 52.2 Å². The van der Waals surface area contributed by atoms with Crippen molar-refractivity contribution < 1.29 is 9.59 Å². The predicted octanol–water partition coefficient (Wildman–Crippen LogP) is 1.12. The molecule has 2 N–H and O–H groups in total.